The molecule has 0 unspecified atom stereocenters. The number of aliphatic carboxylic acids is 1. The maximum atomic E-state index is 12.4. The van der Waals surface area contributed by atoms with Crippen LogP contribution < -0.4 is 5.56 Å². The Morgan fingerprint density at radius 2 is 2.15 bits per heavy atom. The van der Waals surface area contributed by atoms with Gasteiger partial charge in [0.2, 0.25) is 10.0 Å². The maximum Gasteiger partial charge on any atom is 0.307 e. The van der Waals surface area contributed by atoms with Crippen LogP contribution in [0.25, 0.3) is 0 Å². The lowest BCUT2D eigenvalue weighted by Crippen LogP contribution is -2.44. The van der Waals surface area contributed by atoms with Gasteiger partial charge in [-0.1, -0.05) is 0 Å². The number of aromatic nitrogens is 1. The highest BCUT2D eigenvalue weighted by Gasteiger charge is 2.34. The van der Waals surface area contributed by atoms with Crippen LogP contribution in [0.15, 0.2) is 28.0 Å². The van der Waals surface area contributed by atoms with Crippen molar-refractivity contribution in [1.82, 2.24) is 8.87 Å². The Balaban J connectivity index is 2.38. The molecule has 110 valence electrons. The van der Waals surface area contributed by atoms with E-state index in [2.05, 4.69) is 0 Å². The van der Waals surface area contributed by atoms with Gasteiger partial charge in [-0.15, -0.1) is 0 Å². The summed E-state index contributed by atoms with van der Waals surface area (Å²) in [6.07, 6.45) is 2.40. The highest BCUT2D eigenvalue weighted by molar-refractivity contribution is 7.89. The molecule has 1 atom stereocenters. The molecule has 1 fully saturated rings. The Morgan fingerprint density at radius 3 is 2.80 bits per heavy atom. The van der Waals surface area contributed by atoms with E-state index in [1.807, 2.05) is 0 Å². The van der Waals surface area contributed by atoms with Gasteiger partial charge >= 0.3 is 5.97 Å². The second kappa shape index (κ2) is 5.37. The number of sulfonamides is 1. The molecule has 0 aliphatic carbocycles. The molecule has 0 aromatic carbocycles. The quantitative estimate of drug-likeness (QED) is 0.839. The molecule has 0 radical (unpaired) electrons. The van der Waals surface area contributed by atoms with Crippen LogP contribution in [0.3, 0.4) is 0 Å². The highest BCUT2D eigenvalue weighted by Crippen LogP contribution is 2.22. The van der Waals surface area contributed by atoms with Crippen molar-refractivity contribution in [2.45, 2.75) is 17.7 Å². The molecule has 8 heteroatoms. The summed E-state index contributed by atoms with van der Waals surface area (Å²) in [6, 6.07) is 2.73. The summed E-state index contributed by atoms with van der Waals surface area (Å²) in [6.45, 7) is 0.153. The summed E-state index contributed by atoms with van der Waals surface area (Å²) in [5, 5.41) is 9.00. The molecule has 1 aromatic rings. The number of carboxylic acids is 1. The Bertz CT molecular complexity index is 679. The minimum absolute atomic E-state index is 0.0876. The van der Waals surface area contributed by atoms with E-state index in [0.29, 0.717) is 12.8 Å². The first-order valence-corrected chi connectivity index (χ1v) is 7.66. The number of hydrogen-bond donors (Lipinski definition) is 1. The van der Waals surface area contributed by atoms with Crippen molar-refractivity contribution in [2.24, 2.45) is 13.0 Å². The van der Waals surface area contributed by atoms with E-state index in [9.17, 15) is 18.0 Å². The first-order valence-electron chi connectivity index (χ1n) is 6.22. The van der Waals surface area contributed by atoms with Crippen LogP contribution in [0.2, 0.25) is 0 Å². The third kappa shape index (κ3) is 2.61. The van der Waals surface area contributed by atoms with Crippen molar-refractivity contribution in [2.75, 3.05) is 13.1 Å². The number of pyridine rings is 1. The summed E-state index contributed by atoms with van der Waals surface area (Å²) in [5.41, 5.74) is -0.607. The van der Waals surface area contributed by atoms with Crippen molar-refractivity contribution >= 4 is 16.0 Å². The van der Waals surface area contributed by atoms with Crippen LogP contribution in [0, 0.1) is 5.92 Å². The van der Waals surface area contributed by atoms with Crippen molar-refractivity contribution in [3.05, 3.63) is 28.7 Å². The van der Waals surface area contributed by atoms with Crippen LogP contribution in [0.1, 0.15) is 12.8 Å². The van der Waals surface area contributed by atoms with Crippen LogP contribution in [0.5, 0.6) is 0 Å². The Kier molecular flexibility index (Phi) is 3.96. The van der Waals surface area contributed by atoms with Crippen LogP contribution in [-0.4, -0.2) is 41.5 Å². The standard InChI is InChI=1S/C12H16N2O5S/c1-13-6-3-5-10(11(13)15)20(18,19)14-7-2-4-9(8-14)12(16)17/h3,5-6,9H,2,4,7-8H2,1H3,(H,16,17)/t9-/m0/s1. The van der Waals surface area contributed by atoms with Gasteiger partial charge in [0.15, 0.2) is 0 Å². The van der Waals surface area contributed by atoms with E-state index in [-0.39, 0.29) is 18.0 Å². The zero-order valence-electron chi connectivity index (χ0n) is 11.0. The zero-order valence-corrected chi connectivity index (χ0v) is 11.8. The predicted molar refractivity (Wildman–Crippen MR) is 70.8 cm³/mol. The van der Waals surface area contributed by atoms with Crippen LogP contribution in [0.4, 0.5) is 0 Å². The number of piperidine rings is 1. The summed E-state index contributed by atoms with van der Waals surface area (Å²) >= 11 is 0. The molecular weight excluding hydrogens is 284 g/mol. The molecule has 0 saturated carbocycles. The molecule has 2 heterocycles. The zero-order chi connectivity index (χ0) is 14.9. The molecular formula is C12H16N2O5S. The van der Waals surface area contributed by atoms with E-state index >= 15 is 0 Å². The lowest BCUT2D eigenvalue weighted by atomic mass is 10.0. The second-order valence-electron chi connectivity index (χ2n) is 4.83. The van der Waals surface area contributed by atoms with Gasteiger partial charge in [-0.05, 0) is 25.0 Å². The van der Waals surface area contributed by atoms with E-state index in [4.69, 9.17) is 5.11 Å². The topological polar surface area (TPSA) is 96.7 Å². The molecule has 0 spiro atoms. The van der Waals surface area contributed by atoms with Gasteiger partial charge in [0.05, 0.1) is 5.92 Å². The highest BCUT2D eigenvalue weighted by atomic mass is 32.2. The van der Waals surface area contributed by atoms with Gasteiger partial charge in [-0.25, -0.2) is 8.42 Å². The van der Waals surface area contributed by atoms with Crippen LogP contribution >= 0.6 is 0 Å². The fourth-order valence-electron chi connectivity index (χ4n) is 2.27. The lowest BCUT2D eigenvalue weighted by Gasteiger charge is -2.29. The summed E-state index contributed by atoms with van der Waals surface area (Å²) in [7, 11) is -2.48. The Hall–Kier alpha value is -1.67. The molecule has 1 aliphatic rings. The second-order valence-corrected chi connectivity index (χ2v) is 6.74. The van der Waals surface area contributed by atoms with Crippen molar-refractivity contribution in [1.29, 1.82) is 0 Å². The van der Waals surface area contributed by atoms with Gasteiger partial charge in [0, 0.05) is 26.3 Å². The fraction of sp³-hybridized carbons (Fsp3) is 0.500. The van der Waals surface area contributed by atoms with Crippen LogP contribution in [-0.2, 0) is 21.9 Å². The van der Waals surface area contributed by atoms with Gasteiger partial charge in [-0.2, -0.15) is 4.31 Å². The third-order valence-electron chi connectivity index (χ3n) is 3.44. The van der Waals surface area contributed by atoms with E-state index < -0.39 is 27.5 Å². The van der Waals surface area contributed by atoms with Gasteiger partial charge in [-0.3, -0.25) is 9.59 Å². The number of aryl methyl sites for hydroxylation is 1. The number of nitrogens with zero attached hydrogens (tertiary/aromatic N) is 2. The van der Waals surface area contributed by atoms with Gasteiger partial charge < -0.3 is 9.67 Å². The molecule has 1 N–H and O–H groups in total. The molecule has 0 amide bonds. The molecule has 1 aromatic heterocycles. The minimum Gasteiger partial charge on any atom is -0.481 e. The van der Waals surface area contributed by atoms with Gasteiger partial charge in [0.1, 0.15) is 4.90 Å². The summed E-state index contributed by atoms with van der Waals surface area (Å²) in [4.78, 5) is 22.6. The average Bonchev–Trinajstić information content (AvgIpc) is 2.41. The molecule has 0 bridgehead atoms. The van der Waals surface area contributed by atoms with E-state index in [0.717, 1.165) is 4.31 Å². The molecule has 1 saturated heterocycles. The average molecular weight is 300 g/mol. The van der Waals surface area contributed by atoms with E-state index in [1.54, 1.807) is 0 Å². The third-order valence-corrected chi connectivity index (χ3v) is 5.32. The SMILES string of the molecule is Cn1cccc(S(=O)(=O)N2CCC[C@H](C(=O)O)C2)c1=O. The first kappa shape index (κ1) is 14.7. The van der Waals surface area contributed by atoms with Crippen molar-refractivity contribution in [3.63, 3.8) is 0 Å². The minimum atomic E-state index is -3.94. The summed E-state index contributed by atoms with van der Waals surface area (Å²) < 4.78 is 27.2. The predicted octanol–water partition coefficient (Wildman–Crippen LogP) is -0.129. The fourth-order valence-corrected chi connectivity index (χ4v) is 3.91. The first-order chi connectivity index (χ1) is 9.34. The van der Waals surface area contributed by atoms with E-state index in [1.165, 1.54) is 29.9 Å². The lowest BCUT2D eigenvalue weighted by molar-refractivity contribution is -0.142. The van der Waals surface area contributed by atoms with Crippen molar-refractivity contribution in [3.8, 4) is 0 Å². The largest absolute Gasteiger partial charge is 0.481 e. The van der Waals surface area contributed by atoms with Crippen molar-refractivity contribution < 1.29 is 18.3 Å². The molecule has 2 rings (SSSR count). The Labute approximate surface area is 116 Å². The molecule has 1 aliphatic heterocycles. The monoisotopic (exact) mass is 300 g/mol. The number of carbonyl (C=O) groups is 1. The van der Waals surface area contributed by atoms with Gasteiger partial charge in [0.25, 0.3) is 5.56 Å². The molecule has 7 nitrogen and oxygen atoms in total. The number of rotatable bonds is 3. The normalized spacial score (nSPS) is 20.8. The number of hydrogen-bond acceptors (Lipinski definition) is 4. The molecule has 20 heavy (non-hydrogen) atoms. The Morgan fingerprint density at radius 1 is 1.45 bits per heavy atom. The smallest absolute Gasteiger partial charge is 0.307 e. The maximum absolute atomic E-state index is 12.4. The summed E-state index contributed by atoms with van der Waals surface area (Å²) in [5.74, 6) is -1.73. The number of carboxylic acid groups (broad SMARTS) is 1.